The van der Waals surface area contributed by atoms with E-state index in [0.29, 0.717) is 0 Å². The maximum atomic E-state index is 2.54. The predicted molar refractivity (Wildman–Crippen MR) is 272 cm³/mol. The summed E-state index contributed by atoms with van der Waals surface area (Å²) in [6.45, 7) is 0. The minimum atomic E-state index is -0.571. The van der Waals surface area contributed by atoms with Crippen molar-refractivity contribution in [2.75, 3.05) is 4.90 Å². The van der Waals surface area contributed by atoms with Crippen molar-refractivity contribution in [1.82, 2.24) is 4.57 Å². The second kappa shape index (κ2) is 13.8. The predicted octanol–water partition coefficient (Wildman–Crippen LogP) is 16.6. The minimum Gasteiger partial charge on any atom is -0.309 e. The quantitative estimate of drug-likeness (QED) is 0.168. The topological polar surface area (TPSA) is 8.17 Å². The van der Waals surface area contributed by atoms with E-state index in [1.807, 2.05) is 0 Å². The van der Waals surface area contributed by atoms with Crippen molar-refractivity contribution in [2.45, 2.75) is 5.41 Å². The molecular formula is C63H40N2. The number of para-hydroxylation sites is 4. The molecule has 2 aliphatic rings. The van der Waals surface area contributed by atoms with Crippen molar-refractivity contribution in [1.29, 1.82) is 0 Å². The van der Waals surface area contributed by atoms with Crippen molar-refractivity contribution in [3.05, 3.63) is 265 Å². The molecule has 1 spiro atoms. The number of aromatic nitrogens is 1. The fourth-order valence-corrected chi connectivity index (χ4v) is 11.8. The minimum absolute atomic E-state index is 0.571. The van der Waals surface area contributed by atoms with Crippen LogP contribution in [0.1, 0.15) is 22.3 Å². The third-order valence-corrected chi connectivity index (χ3v) is 14.4. The molecule has 0 fully saturated rings. The molecule has 1 aromatic heterocycles. The van der Waals surface area contributed by atoms with Gasteiger partial charge in [0.2, 0.25) is 0 Å². The van der Waals surface area contributed by atoms with Gasteiger partial charge in [-0.3, -0.25) is 0 Å². The zero-order valence-electron chi connectivity index (χ0n) is 35.5. The normalized spacial score (nSPS) is 14.5. The summed E-state index contributed by atoms with van der Waals surface area (Å²) in [5, 5.41) is 7.46. The van der Waals surface area contributed by atoms with Gasteiger partial charge in [0.15, 0.2) is 0 Å². The molecule has 0 radical (unpaired) electrons. The SMILES string of the molecule is c1ccc(-c2cccc3ccccc23)c(-c2ccccc2N(c2ccc3ccccc3c2)c2cccc3c2-c2ccccc2C32c3ccccc3-n3c4ccccc4c4cccc2c43)c1. The van der Waals surface area contributed by atoms with Crippen LogP contribution in [0.25, 0.3) is 82.4 Å². The summed E-state index contributed by atoms with van der Waals surface area (Å²) in [7, 11) is 0. The first-order valence-corrected chi connectivity index (χ1v) is 22.6. The lowest BCUT2D eigenvalue weighted by atomic mass is 9.65. The van der Waals surface area contributed by atoms with E-state index in [4.69, 9.17) is 0 Å². The van der Waals surface area contributed by atoms with E-state index in [2.05, 4.69) is 252 Å². The molecule has 0 amide bonds. The van der Waals surface area contributed by atoms with Gasteiger partial charge in [0, 0.05) is 27.6 Å². The summed E-state index contributed by atoms with van der Waals surface area (Å²) in [5.41, 5.74) is 19.1. The molecule has 12 aromatic rings. The monoisotopic (exact) mass is 824 g/mol. The van der Waals surface area contributed by atoms with E-state index in [9.17, 15) is 0 Å². The first-order valence-electron chi connectivity index (χ1n) is 22.6. The molecule has 0 saturated carbocycles. The van der Waals surface area contributed by atoms with Crippen LogP contribution in [0, 0.1) is 0 Å². The molecule has 1 unspecified atom stereocenters. The summed E-state index contributed by atoms with van der Waals surface area (Å²) in [6, 6.07) is 90.3. The number of rotatable bonds is 5. The third-order valence-electron chi connectivity index (χ3n) is 14.4. The van der Waals surface area contributed by atoms with Crippen molar-refractivity contribution in [3.63, 3.8) is 0 Å². The molecule has 1 aliphatic heterocycles. The van der Waals surface area contributed by atoms with E-state index in [0.717, 1.165) is 17.1 Å². The van der Waals surface area contributed by atoms with Gasteiger partial charge in [-0.15, -0.1) is 0 Å². The molecule has 1 atom stereocenters. The molecule has 0 N–H and O–H groups in total. The lowest BCUT2D eigenvalue weighted by molar-refractivity contribution is 0.748. The Morgan fingerprint density at radius 1 is 0.323 bits per heavy atom. The van der Waals surface area contributed by atoms with Gasteiger partial charge < -0.3 is 9.47 Å². The smallest absolute Gasteiger partial charge is 0.0755 e. The molecular weight excluding hydrogens is 785 g/mol. The van der Waals surface area contributed by atoms with Crippen LogP contribution >= 0.6 is 0 Å². The zero-order chi connectivity index (χ0) is 42.6. The van der Waals surface area contributed by atoms with Gasteiger partial charge >= 0.3 is 0 Å². The van der Waals surface area contributed by atoms with Crippen LogP contribution < -0.4 is 4.90 Å². The number of anilines is 3. The summed E-state index contributed by atoms with van der Waals surface area (Å²) in [4.78, 5) is 2.54. The number of benzene rings is 11. The van der Waals surface area contributed by atoms with Crippen molar-refractivity contribution < 1.29 is 0 Å². The highest BCUT2D eigenvalue weighted by Gasteiger charge is 2.51. The molecule has 0 saturated heterocycles. The van der Waals surface area contributed by atoms with Gasteiger partial charge in [-0.25, -0.2) is 0 Å². The fraction of sp³-hybridized carbons (Fsp3) is 0.0159. The van der Waals surface area contributed by atoms with E-state index >= 15 is 0 Å². The van der Waals surface area contributed by atoms with Crippen LogP contribution in [-0.4, -0.2) is 4.57 Å². The second-order valence-electron chi connectivity index (χ2n) is 17.5. The van der Waals surface area contributed by atoms with Crippen LogP contribution in [-0.2, 0) is 5.41 Å². The highest BCUT2D eigenvalue weighted by Crippen LogP contribution is 2.63. The lowest BCUT2D eigenvalue weighted by Gasteiger charge is -2.39. The van der Waals surface area contributed by atoms with Crippen molar-refractivity contribution in [3.8, 4) is 39.1 Å². The highest BCUT2D eigenvalue weighted by molar-refractivity contribution is 6.13. The summed E-state index contributed by atoms with van der Waals surface area (Å²) >= 11 is 0. The van der Waals surface area contributed by atoms with E-state index in [-0.39, 0.29) is 0 Å². The van der Waals surface area contributed by atoms with E-state index in [1.165, 1.54) is 105 Å². The van der Waals surface area contributed by atoms with E-state index < -0.39 is 5.41 Å². The van der Waals surface area contributed by atoms with Crippen molar-refractivity contribution in [2.24, 2.45) is 0 Å². The Kier molecular flexibility index (Phi) is 7.64. The van der Waals surface area contributed by atoms with Gasteiger partial charge in [-0.2, -0.15) is 0 Å². The summed E-state index contributed by atoms with van der Waals surface area (Å²) < 4.78 is 2.52. The Labute approximate surface area is 377 Å². The van der Waals surface area contributed by atoms with E-state index in [1.54, 1.807) is 0 Å². The molecule has 65 heavy (non-hydrogen) atoms. The Hall–Kier alpha value is -8.46. The molecule has 302 valence electrons. The first kappa shape index (κ1) is 36.1. The molecule has 1 aliphatic carbocycles. The van der Waals surface area contributed by atoms with Gasteiger partial charge in [0.25, 0.3) is 0 Å². The van der Waals surface area contributed by atoms with Gasteiger partial charge in [-0.1, -0.05) is 206 Å². The molecule has 11 aromatic carbocycles. The molecule has 0 bridgehead atoms. The average Bonchev–Trinajstić information content (AvgIpc) is 3.87. The number of hydrogen-bond donors (Lipinski definition) is 0. The van der Waals surface area contributed by atoms with Gasteiger partial charge in [0.1, 0.15) is 0 Å². The van der Waals surface area contributed by atoms with Gasteiger partial charge in [0.05, 0.1) is 33.5 Å². The number of hydrogen-bond acceptors (Lipinski definition) is 1. The summed E-state index contributed by atoms with van der Waals surface area (Å²) in [6.07, 6.45) is 0. The zero-order valence-corrected chi connectivity index (χ0v) is 35.5. The fourth-order valence-electron chi connectivity index (χ4n) is 11.8. The van der Waals surface area contributed by atoms with Gasteiger partial charge in [-0.05, 0) is 102 Å². The first-order chi connectivity index (χ1) is 32.3. The van der Waals surface area contributed by atoms with Crippen LogP contribution in [0.5, 0.6) is 0 Å². The Balaban J connectivity index is 1.08. The van der Waals surface area contributed by atoms with Crippen LogP contribution in [0.15, 0.2) is 243 Å². The maximum absolute atomic E-state index is 2.54. The summed E-state index contributed by atoms with van der Waals surface area (Å²) in [5.74, 6) is 0. The molecule has 14 rings (SSSR count). The Bertz CT molecular complexity index is 3920. The van der Waals surface area contributed by atoms with Crippen LogP contribution in [0.4, 0.5) is 17.1 Å². The Morgan fingerprint density at radius 2 is 0.877 bits per heavy atom. The third kappa shape index (κ3) is 4.94. The standard InChI is InChI=1S/C63H40N2/c1-2-20-43-40-44(39-38-41(43)18-1)64(57-34-12-8-25-49(57)48-24-6-5-23-47(48)46-28-15-21-42-19-3-4-22-45(42)46)60-37-17-32-55-61(60)52-27-7-10-30-53(52)63(55)54-31-11-14-36-59(54)65-58-35-13-9-26-50(58)51-29-16-33-56(63)62(51)65/h1-40H. The maximum Gasteiger partial charge on any atom is 0.0755 e. The second-order valence-corrected chi connectivity index (χ2v) is 17.5. The molecule has 2 heterocycles. The van der Waals surface area contributed by atoms with Crippen LogP contribution in [0.2, 0.25) is 0 Å². The van der Waals surface area contributed by atoms with Crippen LogP contribution in [0.3, 0.4) is 0 Å². The number of fused-ring (bicyclic) bond motifs is 14. The number of nitrogens with zero attached hydrogens (tertiary/aromatic N) is 2. The Morgan fingerprint density at radius 3 is 1.75 bits per heavy atom. The lowest BCUT2D eigenvalue weighted by Crippen LogP contribution is -2.33. The van der Waals surface area contributed by atoms with Crippen molar-refractivity contribution >= 4 is 60.4 Å². The molecule has 2 nitrogen and oxygen atoms in total. The molecule has 2 heteroatoms. The largest absolute Gasteiger partial charge is 0.309 e. The highest BCUT2D eigenvalue weighted by atomic mass is 15.1. The average molecular weight is 825 g/mol.